The predicted molar refractivity (Wildman–Crippen MR) is 109 cm³/mol. The van der Waals surface area contributed by atoms with E-state index in [0.29, 0.717) is 16.3 Å². The Hall–Kier alpha value is -3.16. The van der Waals surface area contributed by atoms with Crippen LogP contribution < -0.4 is 5.32 Å². The average molecular weight is 415 g/mol. The number of carbonyl (C=O) groups is 1. The second-order valence-corrected chi connectivity index (χ2v) is 7.79. The summed E-state index contributed by atoms with van der Waals surface area (Å²) in [5.41, 5.74) is 0.993. The third kappa shape index (κ3) is 4.76. The van der Waals surface area contributed by atoms with E-state index >= 15 is 0 Å². The molecular weight excluding hydrogens is 400 g/mol. The minimum absolute atomic E-state index is 0.00795. The molecule has 28 heavy (non-hydrogen) atoms. The minimum Gasteiger partial charge on any atom is -0.478 e. The Bertz CT molecular complexity index is 1130. The van der Waals surface area contributed by atoms with Crippen molar-refractivity contribution in [2.45, 2.75) is 4.90 Å². The van der Waals surface area contributed by atoms with Crippen molar-refractivity contribution in [1.82, 2.24) is 0 Å². The summed E-state index contributed by atoms with van der Waals surface area (Å²) < 4.78 is 29.4. The molecule has 0 fully saturated rings. The average Bonchev–Trinajstić information content (AvgIpc) is 2.68. The Labute approximate surface area is 167 Å². The maximum Gasteiger partial charge on any atom is 0.335 e. The molecule has 0 bridgehead atoms. The van der Waals surface area contributed by atoms with E-state index in [9.17, 15) is 13.2 Å². The molecule has 0 spiro atoms. The Morgan fingerprint density at radius 2 is 1.54 bits per heavy atom. The summed E-state index contributed by atoms with van der Waals surface area (Å²) in [4.78, 5) is 11.2. The number of aromatic carboxylic acids is 1. The van der Waals surface area contributed by atoms with Gasteiger partial charge in [-0.05, 0) is 42.5 Å². The molecular formula is C20H15ClN2O4S. The fourth-order valence-corrected chi connectivity index (χ4v) is 3.49. The summed E-state index contributed by atoms with van der Waals surface area (Å²) in [7, 11) is -4.02. The van der Waals surface area contributed by atoms with Crippen LogP contribution in [-0.2, 0) is 10.0 Å². The fraction of sp³-hybridized carbons (Fsp3) is 0. The first-order valence-corrected chi connectivity index (χ1v) is 9.93. The highest BCUT2D eigenvalue weighted by Crippen LogP contribution is 2.19. The van der Waals surface area contributed by atoms with E-state index in [2.05, 4.69) is 9.71 Å². The summed E-state index contributed by atoms with van der Waals surface area (Å²) >= 11 is 5.82. The van der Waals surface area contributed by atoms with Gasteiger partial charge in [0.05, 0.1) is 10.5 Å². The molecule has 0 aromatic heterocycles. The number of amidine groups is 1. The molecule has 0 aliphatic carbocycles. The first-order chi connectivity index (χ1) is 13.3. The number of nitrogens with one attached hydrogen (secondary N) is 1. The van der Waals surface area contributed by atoms with E-state index in [1.165, 1.54) is 36.4 Å². The summed E-state index contributed by atoms with van der Waals surface area (Å²) in [6, 6.07) is 20.4. The summed E-state index contributed by atoms with van der Waals surface area (Å²) in [6.45, 7) is 0. The van der Waals surface area contributed by atoms with Gasteiger partial charge in [-0.1, -0.05) is 48.0 Å². The predicted octanol–water partition coefficient (Wildman–Crippen LogP) is 4.29. The van der Waals surface area contributed by atoms with Gasteiger partial charge in [-0.15, -0.1) is 4.40 Å². The smallest absolute Gasteiger partial charge is 0.335 e. The molecule has 0 aliphatic heterocycles. The van der Waals surface area contributed by atoms with Crippen molar-refractivity contribution in [2.24, 2.45) is 4.40 Å². The van der Waals surface area contributed by atoms with Gasteiger partial charge in [0.15, 0.2) is 5.84 Å². The molecule has 6 nitrogen and oxygen atoms in total. The number of nitrogens with zero attached hydrogens (tertiary/aromatic N) is 1. The number of benzene rings is 3. The molecule has 0 saturated heterocycles. The molecule has 0 aliphatic rings. The molecule has 3 aromatic carbocycles. The van der Waals surface area contributed by atoms with Gasteiger partial charge in [0.1, 0.15) is 0 Å². The molecule has 0 atom stereocenters. The van der Waals surface area contributed by atoms with E-state index in [-0.39, 0.29) is 16.3 Å². The molecule has 3 rings (SSSR count). The van der Waals surface area contributed by atoms with Crippen LogP contribution in [0.5, 0.6) is 0 Å². The minimum atomic E-state index is -4.02. The molecule has 0 radical (unpaired) electrons. The van der Waals surface area contributed by atoms with Crippen molar-refractivity contribution in [3.8, 4) is 0 Å². The zero-order chi connectivity index (χ0) is 20.1. The summed E-state index contributed by atoms with van der Waals surface area (Å²) in [5, 5.41) is 12.5. The fourth-order valence-electron chi connectivity index (χ4n) is 2.39. The van der Waals surface area contributed by atoms with E-state index in [4.69, 9.17) is 16.7 Å². The number of hydrogen-bond donors (Lipinski definition) is 2. The number of halogens is 1. The Balaban J connectivity index is 2.05. The maximum absolute atomic E-state index is 12.7. The molecule has 142 valence electrons. The molecule has 0 heterocycles. The third-order valence-electron chi connectivity index (χ3n) is 3.74. The number of carboxylic acid groups (broad SMARTS) is 1. The van der Waals surface area contributed by atoms with E-state index in [1.54, 1.807) is 42.5 Å². The third-order valence-corrected chi connectivity index (χ3v) is 5.29. The van der Waals surface area contributed by atoms with E-state index in [0.717, 1.165) is 0 Å². The largest absolute Gasteiger partial charge is 0.478 e. The van der Waals surface area contributed by atoms with Crippen molar-refractivity contribution >= 4 is 39.1 Å². The quantitative estimate of drug-likeness (QED) is 0.479. The summed E-state index contributed by atoms with van der Waals surface area (Å²) in [5.74, 6) is -1.02. The number of rotatable bonds is 5. The Morgan fingerprint density at radius 1 is 0.893 bits per heavy atom. The van der Waals surface area contributed by atoms with Crippen molar-refractivity contribution in [2.75, 3.05) is 5.32 Å². The van der Waals surface area contributed by atoms with Crippen LogP contribution in [0.15, 0.2) is 88.2 Å². The second-order valence-electron chi connectivity index (χ2n) is 5.75. The van der Waals surface area contributed by atoms with E-state index < -0.39 is 16.0 Å². The number of hydrogen-bond acceptors (Lipinski definition) is 3. The zero-order valence-electron chi connectivity index (χ0n) is 14.4. The van der Waals surface area contributed by atoms with Crippen molar-refractivity contribution in [3.05, 3.63) is 95.0 Å². The molecule has 2 N–H and O–H groups in total. The second kappa shape index (κ2) is 8.24. The first-order valence-electron chi connectivity index (χ1n) is 8.11. The Morgan fingerprint density at radius 3 is 2.18 bits per heavy atom. The van der Waals surface area contributed by atoms with Crippen LogP contribution in [0.2, 0.25) is 5.02 Å². The maximum atomic E-state index is 12.7. The van der Waals surface area contributed by atoms with Crippen LogP contribution in [0.3, 0.4) is 0 Å². The van der Waals surface area contributed by atoms with Crippen LogP contribution in [0.4, 0.5) is 5.69 Å². The van der Waals surface area contributed by atoms with Crippen molar-refractivity contribution in [3.63, 3.8) is 0 Å². The van der Waals surface area contributed by atoms with E-state index in [1.807, 2.05) is 0 Å². The highest BCUT2D eigenvalue weighted by molar-refractivity contribution is 7.90. The van der Waals surface area contributed by atoms with Gasteiger partial charge in [-0.3, -0.25) is 0 Å². The van der Waals surface area contributed by atoms with Gasteiger partial charge in [0.2, 0.25) is 0 Å². The zero-order valence-corrected chi connectivity index (χ0v) is 16.0. The SMILES string of the molecule is O=C(O)c1cccc(NC(=NS(=O)(=O)c2ccc(Cl)cc2)c2ccccc2)c1. The van der Waals surface area contributed by atoms with Crippen LogP contribution in [0.1, 0.15) is 15.9 Å². The standard InChI is InChI=1S/C20H15ClN2O4S/c21-16-9-11-18(12-10-16)28(26,27)23-19(14-5-2-1-3-6-14)22-17-8-4-7-15(13-17)20(24)25/h1-13H,(H,22,23)(H,24,25). The van der Waals surface area contributed by atoms with Crippen LogP contribution in [0.25, 0.3) is 0 Å². The lowest BCUT2D eigenvalue weighted by atomic mass is 10.1. The van der Waals surface area contributed by atoms with Gasteiger partial charge in [0.25, 0.3) is 10.0 Å². The summed E-state index contributed by atoms with van der Waals surface area (Å²) in [6.07, 6.45) is 0. The lowest BCUT2D eigenvalue weighted by Gasteiger charge is -2.11. The number of sulfonamides is 1. The molecule has 0 unspecified atom stereocenters. The topological polar surface area (TPSA) is 95.8 Å². The molecule has 0 saturated carbocycles. The van der Waals surface area contributed by atoms with Gasteiger partial charge < -0.3 is 10.4 Å². The highest BCUT2D eigenvalue weighted by atomic mass is 35.5. The number of anilines is 1. The lowest BCUT2D eigenvalue weighted by Crippen LogP contribution is -2.16. The van der Waals surface area contributed by atoms with Gasteiger partial charge in [-0.2, -0.15) is 8.42 Å². The molecule has 3 aromatic rings. The van der Waals surface area contributed by atoms with Crippen LogP contribution >= 0.6 is 11.6 Å². The van der Waals surface area contributed by atoms with Crippen LogP contribution in [-0.4, -0.2) is 25.3 Å². The van der Waals surface area contributed by atoms with Crippen molar-refractivity contribution in [1.29, 1.82) is 0 Å². The Kier molecular flexibility index (Phi) is 5.77. The lowest BCUT2D eigenvalue weighted by molar-refractivity contribution is 0.0697. The van der Waals surface area contributed by atoms with Gasteiger partial charge in [0, 0.05) is 16.3 Å². The number of carboxylic acids is 1. The van der Waals surface area contributed by atoms with Crippen molar-refractivity contribution < 1.29 is 18.3 Å². The first kappa shape index (κ1) is 19.6. The van der Waals surface area contributed by atoms with Gasteiger partial charge in [-0.25, -0.2) is 4.79 Å². The normalized spacial score (nSPS) is 11.8. The molecule has 8 heteroatoms. The van der Waals surface area contributed by atoms with Crippen LogP contribution in [0, 0.1) is 0 Å². The highest BCUT2D eigenvalue weighted by Gasteiger charge is 2.16. The van der Waals surface area contributed by atoms with Gasteiger partial charge >= 0.3 is 5.97 Å². The monoisotopic (exact) mass is 414 g/mol. The molecule has 0 amide bonds.